The molecule has 0 radical (unpaired) electrons. The fourth-order valence-electron chi connectivity index (χ4n) is 1.38. The zero-order valence-electron chi connectivity index (χ0n) is 7.51. The van der Waals surface area contributed by atoms with Crippen molar-refractivity contribution in [3.8, 4) is 0 Å². The van der Waals surface area contributed by atoms with E-state index >= 15 is 0 Å². The average molecular weight is 243 g/mol. The van der Waals surface area contributed by atoms with Crippen LogP contribution in [-0.4, -0.2) is 13.0 Å². The first-order valence-corrected chi connectivity index (χ1v) is 5.96. The first-order valence-electron chi connectivity index (χ1n) is 4.14. The van der Waals surface area contributed by atoms with Crippen LogP contribution < -0.4 is 0 Å². The lowest BCUT2D eigenvalue weighted by Gasteiger charge is -2.02. The summed E-state index contributed by atoms with van der Waals surface area (Å²) in [6.07, 6.45) is 0. The highest BCUT2D eigenvalue weighted by Gasteiger charge is 2.10. The van der Waals surface area contributed by atoms with Crippen molar-refractivity contribution in [2.24, 2.45) is 0 Å². The van der Waals surface area contributed by atoms with Gasteiger partial charge < -0.3 is 0 Å². The van der Waals surface area contributed by atoms with Crippen molar-refractivity contribution in [2.75, 3.05) is 0 Å². The molecular formula is C10H7ClO3S. The van der Waals surface area contributed by atoms with E-state index in [1.54, 1.807) is 24.3 Å². The molecule has 2 rings (SSSR count). The number of fused-ring (bicyclic) bond motifs is 1. The normalized spacial score (nSPS) is 11.9. The van der Waals surface area contributed by atoms with Crippen LogP contribution in [0.2, 0.25) is 5.02 Å². The molecule has 0 spiro atoms. The van der Waals surface area contributed by atoms with Crippen molar-refractivity contribution in [3.05, 3.63) is 41.4 Å². The smallest absolute Gasteiger partial charge is 0.282 e. The van der Waals surface area contributed by atoms with Gasteiger partial charge in [-0.15, -0.1) is 0 Å². The number of hydrogen-bond donors (Lipinski definition) is 1. The van der Waals surface area contributed by atoms with Gasteiger partial charge in [-0.1, -0.05) is 29.8 Å². The summed E-state index contributed by atoms with van der Waals surface area (Å²) in [5, 5.41) is 1.98. The fourth-order valence-corrected chi connectivity index (χ4v) is 2.14. The second-order valence-electron chi connectivity index (χ2n) is 3.10. The monoisotopic (exact) mass is 242 g/mol. The molecule has 0 aliphatic rings. The van der Waals surface area contributed by atoms with Crippen molar-refractivity contribution < 1.29 is 13.0 Å². The summed E-state index contributed by atoms with van der Waals surface area (Å²) >= 11 is 5.91. The molecular weight excluding hydrogens is 236 g/mol. The van der Waals surface area contributed by atoms with Crippen LogP contribution in [0.4, 0.5) is 0 Å². The zero-order valence-corrected chi connectivity index (χ0v) is 9.09. The molecule has 15 heavy (non-hydrogen) atoms. The Kier molecular flexibility index (Phi) is 2.42. The average Bonchev–Trinajstić information content (AvgIpc) is 2.16. The van der Waals surface area contributed by atoms with Gasteiger partial charge in [0.2, 0.25) is 0 Å². The Morgan fingerprint density at radius 1 is 1.13 bits per heavy atom. The van der Waals surface area contributed by atoms with Crippen LogP contribution in [0.1, 0.15) is 0 Å². The lowest BCUT2D eigenvalue weighted by Crippen LogP contribution is -1.97. The summed E-state index contributed by atoms with van der Waals surface area (Å²) in [6, 6.07) is 9.45. The number of hydrogen-bond acceptors (Lipinski definition) is 2. The van der Waals surface area contributed by atoms with Gasteiger partial charge in [-0.2, -0.15) is 8.42 Å². The van der Waals surface area contributed by atoms with Crippen molar-refractivity contribution in [1.82, 2.24) is 0 Å². The van der Waals surface area contributed by atoms with E-state index in [1.807, 2.05) is 0 Å². The number of benzene rings is 2. The van der Waals surface area contributed by atoms with Crippen LogP contribution in [-0.2, 0) is 10.1 Å². The minimum atomic E-state index is -4.15. The third kappa shape index (κ3) is 1.97. The van der Waals surface area contributed by atoms with Gasteiger partial charge in [-0.3, -0.25) is 4.55 Å². The summed E-state index contributed by atoms with van der Waals surface area (Å²) in [4.78, 5) is -0.128. The highest BCUT2D eigenvalue weighted by molar-refractivity contribution is 7.85. The largest absolute Gasteiger partial charge is 0.294 e. The lowest BCUT2D eigenvalue weighted by atomic mass is 10.1. The predicted octanol–water partition coefficient (Wildman–Crippen LogP) is 2.74. The molecule has 2 aromatic rings. The summed E-state index contributed by atoms with van der Waals surface area (Å²) in [5.41, 5.74) is 0. The van der Waals surface area contributed by atoms with Crippen molar-refractivity contribution in [3.63, 3.8) is 0 Å². The molecule has 0 amide bonds. The fraction of sp³-hybridized carbons (Fsp3) is 0. The van der Waals surface area contributed by atoms with E-state index in [2.05, 4.69) is 0 Å². The molecule has 2 aromatic carbocycles. The maximum atomic E-state index is 10.9. The highest BCUT2D eigenvalue weighted by Crippen LogP contribution is 2.25. The molecule has 5 heteroatoms. The maximum absolute atomic E-state index is 10.9. The van der Waals surface area contributed by atoms with Crippen LogP contribution in [0.3, 0.4) is 0 Å². The molecule has 0 bridgehead atoms. The van der Waals surface area contributed by atoms with Gasteiger partial charge >= 0.3 is 0 Å². The molecule has 0 heterocycles. The Morgan fingerprint density at radius 2 is 1.87 bits per heavy atom. The molecule has 0 aliphatic heterocycles. The minimum absolute atomic E-state index is 0.128. The predicted molar refractivity (Wildman–Crippen MR) is 58.8 cm³/mol. The van der Waals surface area contributed by atoms with E-state index in [9.17, 15) is 8.42 Å². The third-order valence-electron chi connectivity index (χ3n) is 2.10. The molecule has 0 saturated heterocycles. The van der Waals surface area contributed by atoms with Crippen LogP contribution >= 0.6 is 11.6 Å². The SMILES string of the molecule is O=S(=O)(O)c1ccc2c(Cl)cccc2c1. The first-order chi connectivity index (χ1) is 6.98. The molecule has 0 fully saturated rings. The van der Waals surface area contributed by atoms with Gasteiger partial charge in [0.15, 0.2) is 0 Å². The van der Waals surface area contributed by atoms with Gasteiger partial charge in [0, 0.05) is 10.4 Å². The summed E-state index contributed by atoms with van der Waals surface area (Å²) in [7, 11) is -4.15. The van der Waals surface area contributed by atoms with Gasteiger partial charge in [-0.05, 0) is 23.6 Å². The van der Waals surface area contributed by atoms with Gasteiger partial charge in [-0.25, -0.2) is 0 Å². The third-order valence-corrected chi connectivity index (χ3v) is 3.28. The van der Waals surface area contributed by atoms with Crippen LogP contribution in [0, 0.1) is 0 Å². The summed E-state index contributed by atoms with van der Waals surface area (Å²) in [6.45, 7) is 0. The summed E-state index contributed by atoms with van der Waals surface area (Å²) in [5.74, 6) is 0. The molecule has 0 unspecified atom stereocenters. The highest BCUT2D eigenvalue weighted by atomic mass is 35.5. The molecule has 0 atom stereocenters. The van der Waals surface area contributed by atoms with E-state index < -0.39 is 10.1 Å². The second-order valence-corrected chi connectivity index (χ2v) is 4.93. The first kappa shape index (κ1) is 10.4. The molecule has 0 aromatic heterocycles. The van der Waals surface area contributed by atoms with E-state index in [4.69, 9.17) is 16.2 Å². The molecule has 0 aliphatic carbocycles. The molecule has 3 nitrogen and oxygen atoms in total. The van der Waals surface area contributed by atoms with Crippen molar-refractivity contribution in [1.29, 1.82) is 0 Å². The van der Waals surface area contributed by atoms with Crippen LogP contribution in [0.15, 0.2) is 41.3 Å². The quantitative estimate of drug-likeness (QED) is 0.783. The van der Waals surface area contributed by atoms with E-state index in [1.165, 1.54) is 12.1 Å². The minimum Gasteiger partial charge on any atom is -0.282 e. The van der Waals surface area contributed by atoms with Crippen molar-refractivity contribution >= 4 is 32.5 Å². The van der Waals surface area contributed by atoms with E-state index in [0.717, 1.165) is 5.39 Å². The van der Waals surface area contributed by atoms with Crippen molar-refractivity contribution in [2.45, 2.75) is 4.90 Å². The standard InChI is InChI=1S/C10H7ClO3S/c11-10-3-1-2-7-6-8(15(12,13)14)4-5-9(7)10/h1-6H,(H,12,13,14). The zero-order chi connectivity index (χ0) is 11.1. The number of rotatable bonds is 1. The Hall–Kier alpha value is -1.10. The Morgan fingerprint density at radius 3 is 2.53 bits per heavy atom. The topological polar surface area (TPSA) is 54.4 Å². The lowest BCUT2D eigenvalue weighted by molar-refractivity contribution is 0.483. The van der Waals surface area contributed by atoms with E-state index in [0.29, 0.717) is 10.4 Å². The van der Waals surface area contributed by atoms with Crippen LogP contribution in [0.25, 0.3) is 10.8 Å². The Labute approximate surface area is 92.0 Å². The van der Waals surface area contributed by atoms with E-state index in [-0.39, 0.29) is 4.90 Å². The van der Waals surface area contributed by atoms with Gasteiger partial charge in [0.25, 0.3) is 10.1 Å². The van der Waals surface area contributed by atoms with Crippen LogP contribution in [0.5, 0.6) is 0 Å². The maximum Gasteiger partial charge on any atom is 0.294 e. The molecule has 0 saturated carbocycles. The number of halogens is 1. The summed E-state index contributed by atoms with van der Waals surface area (Å²) < 4.78 is 30.6. The molecule has 78 valence electrons. The van der Waals surface area contributed by atoms with Gasteiger partial charge in [0.05, 0.1) is 4.90 Å². The molecule has 1 N–H and O–H groups in total. The second kappa shape index (κ2) is 3.48. The Balaban J connectivity index is 2.79. The van der Waals surface area contributed by atoms with Gasteiger partial charge in [0.1, 0.15) is 0 Å². The Bertz CT molecular complexity index is 620.